The molecule has 0 unspecified atom stereocenters. The number of pyridine rings is 1. The second kappa shape index (κ2) is 5.85. The Balaban J connectivity index is 1.97. The van der Waals surface area contributed by atoms with Crippen LogP contribution in [0.25, 0.3) is 0 Å². The number of nitrogens with zero attached hydrogens (tertiary/aromatic N) is 3. The molecule has 1 aliphatic rings. The van der Waals surface area contributed by atoms with Gasteiger partial charge in [-0.25, -0.2) is 9.78 Å². The summed E-state index contributed by atoms with van der Waals surface area (Å²) in [6.45, 7) is 0.927. The van der Waals surface area contributed by atoms with Crippen molar-refractivity contribution < 1.29 is 19.1 Å². The molecule has 2 rings (SSSR count). The largest absolute Gasteiger partial charge is 0.465 e. The Hall–Kier alpha value is -2.18. The van der Waals surface area contributed by atoms with E-state index in [9.17, 15) is 14.0 Å². The van der Waals surface area contributed by atoms with E-state index in [1.165, 1.54) is 24.2 Å². The van der Waals surface area contributed by atoms with Crippen molar-refractivity contribution in [1.29, 1.82) is 0 Å². The fourth-order valence-electron chi connectivity index (χ4n) is 2.33. The van der Waals surface area contributed by atoms with Crippen LogP contribution in [0.15, 0.2) is 18.3 Å². The van der Waals surface area contributed by atoms with Gasteiger partial charge in [0, 0.05) is 44.0 Å². The minimum atomic E-state index is -0.967. The van der Waals surface area contributed by atoms with Gasteiger partial charge in [0.15, 0.2) is 0 Å². The number of halogens is 1. The summed E-state index contributed by atoms with van der Waals surface area (Å²) in [5.41, 5.74) is 0.266. The van der Waals surface area contributed by atoms with Crippen LogP contribution in [-0.2, 0) is 0 Å². The van der Waals surface area contributed by atoms with Crippen LogP contribution >= 0.6 is 0 Å². The average Bonchev–Trinajstić information content (AvgIpc) is 2.46. The first-order valence-corrected chi connectivity index (χ1v) is 6.35. The molecule has 1 N–H and O–H groups in total. The lowest BCUT2D eigenvalue weighted by Crippen LogP contribution is -2.47. The number of likely N-dealkylation sites (tertiary alicyclic amines) is 1. The second-order valence-electron chi connectivity index (χ2n) is 4.78. The Kier molecular flexibility index (Phi) is 4.16. The highest BCUT2D eigenvalue weighted by Crippen LogP contribution is 2.17. The predicted molar refractivity (Wildman–Crippen MR) is 68.9 cm³/mol. The molecule has 1 aromatic rings. The quantitative estimate of drug-likeness (QED) is 0.832. The molecule has 0 saturated carbocycles. The predicted octanol–water partition coefficient (Wildman–Crippen LogP) is 1.44. The third kappa shape index (κ3) is 3.04. The average molecular weight is 281 g/mol. The molecule has 0 aliphatic carbocycles. The lowest BCUT2D eigenvalue weighted by molar-refractivity contribution is 0.0643. The van der Waals surface area contributed by atoms with Crippen LogP contribution < -0.4 is 0 Å². The monoisotopic (exact) mass is 281 g/mol. The van der Waals surface area contributed by atoms with Gasteiger partial charge in [-0.3, -0.25) is 4.79 Å². The van der Waals surface area contributed by atoms with Crippen LogP contribution in [0.5, 0.6) is 0 Å². The second-order valence-corrected chi connectivity index (χ2v) is 4.78. The van der Waals surface area contributed by atoms with Gasteiger partial charge in [-0.2, -0.15) is 4.39 Å². The standard InChI is InChI=1S/C13H16FN3O3/c1-16(13(19)20)10-3-6-17(7-4-10)12(18)9-2-5-15-11(14)8-9/h2,5,8,10H,3-4,6-7H2,1H3,(H,19,20). The number of carbonyl (C=O) groups is 2. The highest BCUT2D eigenvalue weighted by molar-refractivity contribution is 5.94. The Morgan fingerprint density at radius 3 is 2.65 bits per heavy atom. The van der Waals surface area contributed by atoms with Gasteiger partial charge in [0.2, 0.25) is 5.95 Å². The maximum atomic E-state index is 13.0. The Morgan fingerprint density at radius 1 is 1.45 bits per heavy atom. The fraction of sp³-hybridized carbons (Fsp3) is 0.462. The lowest BCUT2D eigenvalue weighted by Gasteiger charge is -2.35. The third-order valence-corrected chi connectivity index (χ3v) is 3.57. The van der Waals surface area contributed by atoms with E-state index in [0.29, 0.717) is 25.9 Å². The molecule has 0 aromatic carbocycles. The molecule has 2 amide bonds. The summed E-state index contributed by atoms with van der Waals surface area (Å²) in [5.74, 6) is -0.931. The summed E-state index contributed by atoms with van der Waals surface area (Å²) in [6.07, 6.45) is 1.46. The van der Waals surface area contributed by atoms with Crippen molar-refractivity contribution in [1.82, 2.24) is 14.8 Å². The molecular weight excluding hydrogens is 265 g/mol. The van der Waals surface area contributed by atoms with Crippen molar-refractivity contribution in [3.63, 3.8) is 0 Å². The third-order valence-electron chi connectivity index (χ3n) is 3.57. The van der Waals surface area contributed by atoms with Gasteiger partial charge in [-0.1, -0.05) is 0 Å². The maximum absolute atomic E-state index is 13.0. The van der Waals surface area contributed by atoms with E-state index in [0.717, 1.165) is 6.07 Å². The van der Waals surface area contributed by atoms with E-state index >= 15 is 0 Å². The van der Waals surface area contributed by atoms with Crippen LogP contribution in [0.1, 0.15) is 23.2 Å². The fourth-order valence-corrected chi connectivity index (χ4v) is 2.33. The summed E-state index contributed by atoms with van der Waals surface area (Å²) in [4.78, 5) is 29.3. The van der Waals surface area contributed by atoms with Crippen LogP contribution in [-0.4, -0.2) is 58.1 Å². The van der Waals surface area contributed by atoms with Crippen LogP contribution in [0.3, 0.4) is 0 Å². The minimum Gasteiger partial charge on any atom is -0.465 e. The number of hydrogen-bond donors (Lipinski definition) is 1. The molecular formula is C13H16FN3O3. The van der Waals surface area contributed by atoms with E-state index in [-0.39, 0.29) is 17.5 Å². The summed E-state index contributed by atoms with van der Waals surface area (Å²) in [7, 11) is 1.53. The molecule has 108 valence electrons. The molecule has 0 atom stereocenters. The molecule has 0 spiro atoms. The van der Waals surface area contributed by atoms with Crippen LogP contribution in [0, 0.1) is 5.95 Å². The van der Waals surface area contributed by atoms with Crippen molar-refractivity contribution in [2.45, 2.75) is 18.9 Å². The van der Waals surface area contributed by atoms with Gasteiger partial charge in [0.25, 0.3) is 5.91 Å². The molecule has 1 saturated heterocycles. The normalized spacial score (nSPS) is 16.0. The van der Waals surface area contributed by atoms with Crippen molar-refractivity contribution >= 4 is 12.0 Å². The zero-order chi connectivity index (χ0) is 14.7. The van der Waals surface area contributed by atoms with Crippen molar-refractivity contribution in [2.24, 2.45) is 0 Å². The van der Waals surface area contributed by atoms with Gasteiger partial charge in [0.1, 0.15) is 0 Å². The summed E-state index contributed by atoms with van der Waals surface area (Å²) in [6, 6.07) is 2.50. The Labute approximate surface area is 115 Å². The molecule has 7 heteroatoms. The number of amides is 2. The van der Waals surface area contributed by atoms with E-state index < -0.39 is 12.0 Å². The van der Waals surface area contributed by atoms with Gasteiger partial charge in [-0.15, -0.1) is 0 Å². The van der Waals surface area contributed by atoms with E-state index in [1.54, 1.807) is 4.90 Å². The van der Waals surface area contributed by atoms with Crippen molar-refractivity contribution in [3.8, 4) is 0 Å². The molecule has 20 heavy (non-hydrogen) atoms. The summed E-state index contributed by atoms with van der Waals surface area (Å²) < 4.78 is 13.0. The van der Waals surface area contributed by atoms with Crippen molar-refractivity contribution in [2.75, 3.05) is 20.1 Å². The molecule has 1 fully saturated rings. The number of carboxylic acid groups (broad SMARTS) is 1. The maximum Gasteiger partial charge on any atom is 0.407 e. The lowest BCUT2D eigenvalue weighted by atomic mass is 10.0. The zero-order valence-electron chi connectivity index (χ0n) is 11.1. The first-order chi connectivity index (χ1) is 9.49. The highest BCUT2D eigenvalue weighted by Gasteiger charge is 2.27. The molecule has 2 heterocycles. The Bertz CT molecular complexity index is 515. The Morgan fingerprint density at radius 2 is 2.10 bits per heavy atom. The SMILES string of the molecule is CN(C(=O)O)C1CCN(C(=O)c2ccnc(F)c2)CC1. The number of rotatable bonds is 2. The minimum absolute atomic E-state index is 0.0780. The van der Waals surface area contributed by atoms with Gasteiger partial charge < -0.3 is 14.9 Å². The topological polar surface area (TPSA) is 73.7 Å². The number of aromatic nitrogens is 1. The van der Waals surface area contributed by atoms with Crippen molar-refractivity contribution in [3.05, 3.63) is 29.8 Å². The molecule has 0 radical (unpaired) electrons. The first kappa shape index (κ1) is 14.2. The van der Waals surface area contributed by atoms with E-state index in [2.05, 4.69) is 4.98 Å². The molecule has 6 nitrogen and oxygen atoms in total. The van der Waals surface area contributed by atoms with Crippen LogP contribution in [0.2, 0.25) is 0 Å². The summed E-state index contributed by atoms with van der Waals surface area (Å²) in [5, 5.41) is 8.91. The smallest absolute Gasteiger partial charge is 0.407 e. The van der Waals surface area contributed by atoms with Gasteiger partial charge >= 0.3 is 6.09 Å². The zero-order valence-corrected chi connectivity index (χ0v) is 11.1. The van der Waals surface area contributed by atoms with Gasteiger partial charge in [-0.05, 0) is 18.9 Å². The highest BCUT2D eigenvalue weighted by atomic mass is 19.1. The molecule has 1 aliphatic heterocycles. The number of carbonyl (C=O) groups excluding carboxylic acids is 1. The number of hydrogen-bond acceptors (Lipinski definition) is 3. The first-order valence-electron chi connectivity index (χ1n) is 6.35. The molecule has 1 aromatic heterocycles. The van der Waals surface area contributed by atoms with E-state index in [4.69, 9.17) is 5.11 Å². The molecule has 0 bridgehead atoms. The van der Waals surface area contributed by atoms with E-state index in [1.807, 2.05) is 0 Å². The van der Waals surface area contributed by atoms with Gasteiger partial charge in [0.05, 0.1) is 0 Å². The van der Waals surface area contributed by atoms with Crippen LogP contribution in [0.4, 0.5) is 9.18 Å². The number of piperidine rings is 1. The summed E-state index contributed by atoms with van der Waals surface area (Å²) >= 11 is 0.